The van der Waals surface area contributed by atoms with E-state index in [0.717, 1.165) is 18.7 Å². The van der Waals surface area contributed by atoms with E-state index in [9.17, 15) is 4.39 Å². The highest BCUT2D eigenvalue weighted by Gasteiger charge is 2.22. The van der Waals surface area contributed by atoms with Crippen LogP contribution in [0.3, 0.4) is 0 Å². The van der Waals surface area contributed by atoms with Gasteiger partial charge in [0.25, 0.3) is 0 Å². The van der Waals surface area contributed by atoms with Crippen LogP contribution in [0.15, 0.2) is 24.3 Å². The smallest absolute Gasteiger partial charge is 0.128 e. The number of benzene rings is 1. The van der Waals surface area contributed by atoms with Gasteiger partial charge in [0.15, 0.2) is 0 Å². The van der Waals surface area contributed by atoms with Crippen LogP contribution < -0.4 is 5.73 Å². The van der Waals surface area contributed by atoms with Gasteiger partial charge >= 0.3 is 0 Å². The number of hydrogen-bond acceptors (Lipinski definition) is 2. The van der Waals surface area contributed by atoms with Crippen LogP contribution in [-0.4, -0.2) is 24.5 Å². The van der Waals surface area contributed by atoms with Crippen LogP contribution in [0.2, 0.25) is 0 Å². The van der Waals surface area contributed by atoms with Crippen molar-refractivity contribution in [1.82, 2.24) is 4.90 Å². The molecule has 1 aromatic carbocycles. The Hall–Kier alpha value is -0.930. The van der Waals surface area contributed by atoms with Crippen LogP contribution in [-0.2, 0) is 0 Å². The molecule has 1 aliphatic rings. The average Bonchev–Trinajstić information content (AvgIpc) is 2.34. The van der Waals surface area contributed by atoms with Gasteiger partial charge in [-0.1, -0.05) is 24.6 Å². The van der Waals surface area contributed by atoms with Crippen LogP contribution in [0.4, 0.5) is 4.39 Å². The lowest BCUT2D eigenvalue weighted by Gasteiger charge is -2.34. The van der Waals surface area contributed by atoms with Gasteiger partial charge in [0.05, 0.1) is 0 Å². The predicted octanol–water partition coefficient (Wildman–Crippen LogP) is 2.31. The molecule has 0 saturated carbocycles. The normalized spacial score (nSPS) is 19.6. The van der Waals surface area contributed by atoms with Crippen molar-refractivity contribution < 1.29 is 4.39 Å². The Morgan fingerprint density at radius 3 is 2.50 bits per heavy atom. The van der Waals surface area contributed by atoms with Gasteiger partial charge in [-0.05, 0) is 32.0 Å². The second-order valence-corrected chi connectivity index (χ2v) is 4.37. The van der Waals surface area contributed by atoms with E-state index in [1.807, 2.05) is 12.1 Å². The van der Waals surface area contributed by atoms with E-state index >= 15 is 0 Å². The van der Waals surface area contributed by atoms with Crippen molar-refractivity contribution >= 4 is 0 Å². The summed E-state index contributed by atoms with van der Waals surface area (Å²) < 4.78 is 13.7. The Labute approximate surface area is 96.2 Å². The molecule has 1 aromatic rings. The molecule has 1 unspecified atom stereocenters. The molecular weight excluding hydrogens is 203 g/mol. The number of nitrogens with zero attached hydrogens (tertiary/aromatic N) is 1. The largest absolute Gasteiger partial charge is 0.329 e. The maximum Gasteiger partial charge on any atom is 0.128 e. The van der Waals surface area contributed by atoms with Crippen LogP contribution in [0.5, 0.6) is 0 Å². The third-order valence-electron chi connectivity index (χ3n) is 3.32. The highest BCUT2D eigenvalue weighted by molar-refractivity contribution is 5.21. The van der Waals surface area contributed by atoms with Gasteiger partial charge in [-0.15, -0.1) is 0 Å². The molecule has 16 heavy (non-hydrogen) atoms. The standard InChI is InChI=1S/C13H19FN2/c14-12-7-3-2-6-11(12)13(10-15)16-8-4-1-5-9-16/h2-3,6-7,13H,1,4-5,8-10,15H2. The molecule has 0 spiro atoms. The van der Waals surface area contributed by atoms with Crippen LogP contribution in [0.25, 0.3) is 0 Å². The second-order valence-electron chi connectivity index (χ2n) is 4.37. The van der Waals surface area contributed by atoms with Crippen molar-refractivity contribution in [3.63, 3.8) is 0 Å². The number of rotatable bonds is 3. The van der Waals surface area contributed by atoms with E-state index in [1.165, 1.54) is 25.3 Å². The van der Waals surface area contributed by atoms with Crippen LogP contribution in [0, 0.1) is 5.82 Å². The van der Waals surface area contributed by atoms with Gasteiger partial charge in [-0.2, -0.15) is 0 Å². The van der Waals surface area contributed by atoms with E-state index in [0.29, 0.717) is 6.54 Å². The van der Waals surface area contributed by atoms with Crippen molar-refractivity contribution in [3.8, 4) is 0 Å². The number of piperidine rings is 1. The molecule has 1 aliphatic heterocycles. The zero-order chi connectivity index (χ0) is 11.4. The Morgan fingerprint density at radius 1 is 1.19 bits per heavy atom. The predicted molar refractivity (Wildman–Crippen MR) is 63.6 cm³/mol. The van der Waals surface area contributed by atoms with Gasteiger partial charge < -0.3 is 5.73 Å². The van der Waals surface area contributed by atoms with Gasteiger partial charge in [0, 0.05) is 18.2 Å². The van der Waals surface area contributed by atoms with Crippen molar-refractivity contribution in [3.05, 3.63) is 35.6 Å². The Bertz CT molecular complexity index is 334. The fourth-order valence-corrected chi connectivity index (χ4v) is 2.45. The van der Waals surface area contributed by atoms with E-state index < -0.39 is 0 Å². The first-order chi connectivity index (χ1) is 7.83. The molecule has 1 fully saturated rings. The fraction of sp³-hybridized carbons (Fsp3) is 0.538. The zero-order valence-corrected chi connectivity index (χ0v) is 9.53. The maximum absolute atomic E-state index is 13.7. The van der Waals surface area contributed by atoms with Gasteiger partial charge in [-0.25, -0.2) is 4.39 Å². The van der Waals surface area contributed by atoms with E-state index in [1.54, 1.807) is 6.07 Å². The monoisotopic (exact) mass is 222 g/mol. The minimum Gasteiger partial charge on any atom is -0.329 e. The molecule has 2 nitrogen and oxygen atoms in total. The lowest BCUT2D eigenvalue weighted by atomic mass is 10.0. The van der Waals surface area contributed by atoms with Crippen molar-refractivity contribution in [2.24, 2.45) is 5.73 Å². The van der Waals surface area contributed by atoms with Crippen molar-refractivity contribution in [1.29, 1.82) is 0 Å². The molecule has 88 valence electrons. The molecule has 0 aliphatic carbocycles. The summed E-state index contributed by atoms with van der Waals surface area (Å²) in [5.41, 5.74) is 6.54. The SMILES string of the molecule is NCC(c1ccccc1F)N1CCCCC1. The number of likely N-dealkylation sites (tertiary alicyclic amines) is 1. The number of nitrogens with two attached hydrogens (primary N) is 1. The Morgan fingerprint density at radius 2 is 1.88 bits per heavy atom. The van der Waals surface area contributed by atoms with E-state index in [4.69, 9.17) is 5.73 Å². The molecular formula is C13H19FN2. The van der Waals surface area contributed by atoms with Gasteiger partial charge in [-0.3, -0.25) is 4.90 Å². The highest BCUT2D eigenvalue weighted by atomic mass is 19.1. The lowest BCUT2D eigenvalue weighted by molar-refractivity contribution is 0.164. The second kappa shape index (κ2) is 5.41. The average molecular weight is 222 g/mol. The third-order valence-corrected chi connectivity index (χ3v) is 3.32. The zero-order valence-electron chi connectivity index (χ0n) is 9.53. The van der Waals surface area contributed by atoms with E-state index in [2.05, 4.69) is 4.90 Å². The summed E-state index contributed by atoms with van der Waals surface area (Å²) in [6.07, 6.45) is 3.68. The van der Waals surface area contributed by atoms with E-state index in [-0.39, 0.29) is 11.9 Å². The summed E-state index contributed by atoms with van der Waals surface area (Å²) in [5, 5.41) is 0. The fourth-order valence-electron chi connectivity index (χ4n) is 2.45. The Balaban J connectivity index is 2.18. The minimum absolute atomic E-state index is 0.0431. The third kappa shape index (κ3) is 2.42. The van der Waals surface area contributed by atoms with Crippen molar-refractivity contribution in [2.45, 2.75) is 25.3 Å². The summed E-state index contributed by atoms with van der Waals surface area (Å²) in [5.74, 6) is -0.136. The first-order valence-electron chi connectivity index (χ1n) is 6.01. The summed E-state index contributed by atoms with van der Waals surface area (Å²) in [6, 6.07) is 7.01. The maximum atomic E-state index is 13.7. The van der Waals surface area contributed by atoms with Crippen LogP contribution >= 0.6 is 0 Å². The molecule has 0 bridgehead atoms. The van der Waals surface area contributed by atoms with Gasteiger partial charge in [0.1, 0.15) is 5.82 Å². The lowest BCUT2D eigenvalue weighted by Crippen LogP contribution is -2.37. The molecule has 0 aromatic heterocycles. The summed E-state index contributed by atoms with van der Waals surface area (Å²) in [6.45, 7) is 2.56. The molecule has 0 amide bonds. The summed E-state index contributed by atoms with van der Waals surface area (Å²) in [7, 11) is 0. The summed E-state index contributed by atoms with van der Waals surface area (Å²) >= 11 is 0. The first kappa shape index (κ1) is 11.6. The summed E-state index contributed by atoms with van der Waals surface area (Å²) in [4.78, 5) is 2.31. The topological polar surface area (TPSA) is 29.3 Å². The van der Waals surface area contributed by atoms with Crippen molar-refractivity contribution in [2.75, 3.05) is 19.6 Å². The van der Waals surface area contributed by atoms with Gasteiger partial charge in [0.2, 0.25) is 0 Å². The first-order valence-corrected chi connectivity index (χ1v) is 6.01. The minimum atomic E-state index is -0.136. The number of hydrogen-bond donors (Lipinski definition) is 1. The Kier molecular flexibility index (Phi) is 3.91. The molecule has 0 radical (unpaired) electrons. The quantitative estimate of drug-likeness (QED) is 0.850. The van der Waals surface area contributed by atoms with Crippen LogP contribution in [0.1, 0.15) is 30.9 Å². The molecule has 2 rings (SSSR count). The molecule has 1 heterocycles. The molecule has 1 atom stereocenters. The molecule has 3 heteroatoms. The number of halogens is 1. The molecule has 2 N–H and O–H groups in total. The highest BCUT2D eigenvalue weighted by Crippen LogP contribution is 2.25. The molecule has 1 saturated heterocycles.